The first kappa shape index (κ1) is 26.6. The Kier molecular flexibility index (Phi) is 8.65. The lowest BCUT2D eigenvalue weighted by Gasteiger charge is -2.16. The predicted molar refractivity (Wildman–Crippen MR) is 156 cm³/mol. The van der Waals surface area contributed by atoms with Gasteiger partial charge in [0.15, 0.2) is 0 Å². The third-order valence-corrected chi connectivity index (χ3v) is 7.86. The quantitative estimate of drug-likeness (QED) is 0.138. The maximum absolute atomic E-state index is 12.9. The van der Waals surface area contributed by atoms with Crippen molar-refractivity contribution >= 4 is 45.7 Å². The number of pyridine rings is 1. The molecule has 0 unspecified atom stereocenters. The molecule has 0 radical (unpaired) electrons. The molecule has 5 aromatic rings. The van der Waals surface area contributed by atoms with Gasteiger partial charge in [-0.2, -0.15) is 0 Å². The van der Waals surface area contributed by atoms with E-state index < -0.39 is 0 Å². The van der Waals surface area contributed by atoms with Crippen molar-refractivity contribution in [3.8, 4) is 11.3 Å². The molecule has 0 aliphatic rings. The number of fused-ring (bicyclic) bond motifs is 1. The highest BCUT2D eigenvalue weighted by Crippen LogP contribution is 2.29. The minimum absolute atomic E-state index is 0.131. The summed E-state index contributed by atoms with van der Waals surface area (Å²) in [7, 11) is 0. The number of thioether (sulfide) groups is 1. The highest BCUT2D eigenvalue weighted by Gasteiger charge is 2.20. The van der Waals surface area contributed by atoms with Crippen molar-refractivity contribution in [2.75, 3.05) is 12.8 Å². The zero-order chi connectivity index (χ0) is 27.0. The number of hydrogen-bond acceptors (Lipinski definition) is 7. The van der Waals surface area contributed by atoms with Gasteiger partial charge in [-0.25, -0.2) is 9.97 Å². The third-order valence-electron chi connectivity index (χ3n) is 6.38. The van der Waals surface area contributed by atoms with Crippen molar-refractivity contribution in [3.63, 3.8) is 0 Å². The summed E-state index contributed by atoms with van der Waals surface area (Å²) in [6, 6.07) is 17.6. The van der Waals surface area contributed by atoms with Gasteiger partial charge in [0.25, 0.3) is 11.8 Å². The van der Waals surface area contributed by atoms with Gasteiger partial charge in [-0.3, -0.25) is 14.6 Å². The topological polar surface area (TPSA) is 113 Å². The first-order valence-corrected chi connectivity index (χ1v) is 14.7. The molecule has 2 amide bonds. The number of carbonyl (C=O) groups excluding carboxylic acids is 2. The van der Waals surface area contributed by atoms with Gasteiger partial charge in [0.2, 0.25) is 0 Å². The summed E-state index contributed by atoms with van der Waals surface area (Å²) in [5.74, 6) is 0.383. The van der Waals surface area contributed by atoms with E-state index in [1.165, 1.54) is 23.1 Å². The minimum atomic E-state index is -0.319. The number of hydrogen-bond donors (Lipinski definition) is 3. The van der Waals surface area contributed by atoms with Crippen LogP contribution in [0.4, 0.5) is 0 Å². The Balaban J connectivity index is 1.26. The van der Waals surface area contributed by atoms with Crippen molar-refractivity contribution in [1.82, 2.24) is 30.6 Å². The van der Waals surface area contributed by atoms with E-state index in [-0.39, 0.29) is 17.9 Å². The number of amides is 2. The van der Waals surface area contributed by atoms with Crippen LogP contribution in [0.15, 0.2) is 83.7 Å². The van der Waals surface area contributed by atoms with Crippen LogP contribution >= 0.6 is 23.1 Å². The molecule has 0 aliphatic heterocycles. The van der Waals surface area contributed by atoms with Crippen LogP contribution in [-0.2, 0) is 0 Å². The number of rotatable bonds is 11. The van der Waals surface area contributed by atoms with Crippen LogP contribution in [0.2, 0.25) is 0 Å². The second-order valence-corrected chi connectivity index (χ2v) is 10.6. The summed E-state index contributed by atoms with van der Waals surface area (Å²) >= 11 is 2.75. The number of aromatic amines is 1. The van der Waals surface area contributed by atoms with Crippen LogP contribution in [0.5, 0.6) is 0 Å². The number of imidazole rings is 1. The van der Waals surface area contributed by atoms with E-state index in [0.29, 0.717) is 34.3 Å². The van der Waals surface area contributed by atoms with Crippen LogP contribution in [-0.4, -0.2) is 44.6 Å². The molecule has 3 heterocycles. The van der Waals surface area contributed by atoms with Gasteiger partial charge in [0, 0.05) is 18.3 Å². The zero-order valence-corrected chi connectivity index (χ0v) is 23.0. The molecule has 0 spiro atoms. The van der Waals surface area contributed by atoms with Crippen LogP contribution in [0.25, 0.3) is 22.0 Å². The molecule has 3 aromatic heterocycles. The van der Waals surface area contributed by atoms with Crippen molar-refractivity contribution in [2.45, 2.75) is 30.3 Å². The summed E-state index contributed by atoms with van der Waals surface area (Å²) in [4.78, 5) is 42.4. The predicted octanol–water partition coefficient (Wildman–Crippen LogP) is 5.87. The number of benzene rings is 2. The molecular formula is C29H28N6O2S2. The summed E-state index contributed by atoms with van der Waals surface area (Å²) < 4.78 is 0. The minimum Gasteiger partial charge on any atom is -0.352 e. The molecule has 8 nitrogen and oxygen atoms in total. The van der Waals surface area contributed by atoms with Gasteiger partial charge in [0.1, 0.15) is 15.7 Å². The van der Waals surface area contributed by atoms with Crippen molar-refractivity contribution < 1.29 is 9.59 Å². The van der Waals surface area contributed by atoms with E-state index in [0.717, 1.165) is 34.9 Å². The molecule has 39 heavy (non-hydrogen) atoms. The van der Waals surface area contributed by atoms with Crippen molar-refractivity contribution in [3.05, 3.63) is 95.0 Å². The fourth-order valence-electron chi connectivity index (χ4n) is 4.44. The SMILES string of the molecule is CSc1ncccc1C(=O)NCCCC[C@H](NC(=O)c1cncs1)c1ncc(-c2cccc3ccccc23)[nH]1. The summed E-state index contributed by atoms with van der Waals surface area (Å²) in [6.07, 6.45) is 9.17. The summed E-state index contributed by atoms with van der Waals surface area (Å²) in [5.41, 5.74) is 4.17. The maximum Gasteiger partial charge on any atom is 0.263 e. The second-order valence-electron chi connectivity index (χ2n) is 8.91. The number of carbonyl (C=O) groups is 2. The summed E-state index contributed by atoms with van der Waals surface area (Å²) in [6.45, 7) is 0.524. The van der Waals surface area contributed by atoms with Gasteiger partial charge in [-0.1, -0.05) is 42.5 Å². The number of nitrogens with zero attached hydrogens (tertiary/aromatic N) is 3. The van der Waals surface area contributed by atoms with Crippen LogP contribution in [0, 0.1) is 0 Å². The Hall–Kier alpha value is -4.02. The average Bonchev–Trinajstić information content (AvgIpc) is 3.69. The molecule has 0 saturated carbocycles. The molecule has 0 aliphatic carbocycles. The van der Waals surface area contributed by atoms with Crippen LogP contribution in [0.1, 0.15) is 51.2 Å². The molecule has 0 fully saturated rings. The molecule has 2 aromatic carbocycles. The van der Waals surface area contributed by atoms with E-state index in [4.69, 9.17) is 0 Å². The first-order valence-electron chi connectivity index (χ1n) is 12.6. The molecule has 0 saturated heterocycles. The van der Waals surface area contributed by atoms with Crippen molar-refractivity contribution in [1.29, 1.82) is 0 Å². The highest BCUT2D eigenvalue weighted by molar-refractivity contribution is 7.98. The van der Waals surface area contributed by atoms with Gasteiger partial charge in [0.05, 0.1) is 35.2 Å². The lowest BCUT2D eigenvalue weighted by molar-refractivity contribution is 0.0935. The Morgan fingerprint density at radius 1 is 1.00 bits per heavy atom. The number of unbranched alkanes of at least 4 members (excludes halogenated alkanes) is 1. The van der Waals surface area contributed by atoms with E-state index in [2.05, 4.69) is 54.8 Å². The maximum atomic E-state index is 12.9. The normalized spacial score (nSPS) is 11.8. The van der Waals surface area contributed by atoms with Gasteiger partial charge in [-0.15, -0.1) is 23.1 Å². The van der Waals surface area contributed by atoms with Gasteiger partial charge >= 0.3 is 0 Å². The highest BCUT2D eigenvalue weighted by atomic mass is 32.2. The van der Waals surface area contributed by atoms with Gasteiger partial charge < -0.3 is 15.6 Å². The number of H-pyrrole nitrogens is 1. The second kappa shape index (κ2) is 12.7. The van der Waals surface area contributed by atoms with E-state index in [9.17, 15) is 9.59 Å². The molecule has 3 N–H and O–H groups in total. The van der Waals surface area contributed by atoms with E-state index in [1.54, 1.807) is 30.0 Å². The zero-order valence-electron chi connectivity index (χ0n) is 21.4. The molecule has 1 atom stereocenters. The van der Waals surface area contributed by atoms with E-state index in [1.807, 2.05) is 30.7 Å². The molecule has 10 heteroatoms. The van der Waals surface area contributed by atoms with Crippen LogP contribution < -0.4 is 10.6 Å². The molecular weight excluding hydrogens is 528 g/mol. The Morgan fingerprint density at radius 2 is 1.87 bits per heavy atom. The standard InChI is InChI=1S/C29H28N6O2S2/c1-38-29-22(12-7-15-32-29)27(36)31-14-5-4-13-23(35-28(37)25-17-30-18-39-25)26-33-16-24(34-26)21-11-6-9-19-8-2-3-10-20(19)21/h2-3,6-12,15-18,23H,4-5,13-14H2,1H3,(H,31,36)(H,33,34)(H,35,37)/t23-/m0/s1. The number of aromatic nitrogens is 4. The molecule has 0 bridgehead atoms. The largest absolute Gasteiger partial charge is 0.352 e. The lowest BCUT2D eigenvalue weighted by Crippen LogP contribution is -2.29. The Bertz CT molecular complexity index is 1560. The fourth-order valence-corrected chi connectivity index (χ4v) is 5.51. The molecule has 198 valence electrons. The first-order chi connectivity index (χ1) is 19.1. The van der Waals surface area contributed by atoms with Crippen LogP contribution in [0.3, 0.4) is 0 Å². The third kappa shape index (κ3) is 6.35. The smallest absolute Gasteiger partial charge is 0.263 e. The molecule has 5 rings (SSSR count). The summed E-state index contributed by atoms with van der Waals surface area (Å²) in [5, 5.41) is 9.10. The lowest BCUT2D eigenvalue weighted by atomic mass is 10.0. The average molecular weight is 557 g/mol. The number of nitrogens with one attached hydrogen (secondary N) is 3. The Labute approximate surface area is 234 Å². The fraction of sp³-hybridized carbons (Fsp3) is 0.207. The van der Waals surface area contributed by atoms with Crippen molar-refractivity contribution in [2.24, 2.45) is 0 Å². The number of thiazole rings is 1. The monoisotopic (exact) mass is 556 g/mol. The van der Waals surface area contributed by atoms with E-state index >= 15 is 0 Å². The Morgan fingerprint density at radius 3 is 2.72 bits per heavy atom. The van der Waals surface area contributed by atoms with Gasteiger partial charge in [-0.05, 0) is 48.4 Å².